The number of rotatable bonds is 46. The second-order valence-corrected chi connectivity index (χ2v) is 18.5. The zero-order valence-electron chi connectivity index (χ0n) is 39.7. The van der Waals surface area contributed by atoms with E-state index in [2.05, 4.69) is 34.6 Å². The Morgan fingerprint density at radius 2 is 0.655 bits per heavy atom. The van der Waals surface area contributed by atoms with E-state index in [1.807, 2.05) is 0 Å². The molecule has 0 fully saturated rings. The Kier molecular flexibility index (Phi) is 43.7. The number of unbranched alkanes of at least 4 members (excludes halogenated alkanes) is 30. The van der Waals surface area contributed by atoms with Crippen molar-refractivity contribution in [2.24, 2.45) is 11.8 Å². The highest BCUT2D eigenvalue weighted by Crippen LogP contribution is 2.18. The van der Waals surface area contributed by atoms with Gasteiger partial charge in [0, 0.05) is 19.3 Å². The minimum absolute atomic E-state index is 0.0646. The zero-order chi connectivity index (χ0) is 42.6. The van der Waals surface area contributed by atoms with E-state index >= 15 is 0 Å². The van der Waals surface area contributed by atoms with Crippen molar-refractivity contribution in [3.8, 4) is 0 Å². The average Bonchev–Trinajstić information content (AvgIpc) is 3.21. The molecular formula is C52H100O6. The van der Waals surface area contributed by atoms with Gasteiger partial charge in [-0.2, -0.15) is 0 Å². The first-order chi connectivity index (χ1) is 28.3. The lowest BCUT2D eigenvalue weighted by molar-refractivity contribution is -0.167. The Balaban J connectivity index is 4.27. The van der Waals surface area contributed by atoms with Gasteiger partial charge in [0.1, 0.15) is 13.2 Å². The smallest absolute Gasteiger partial charge is 0.306 e. The first-order valence-corrected chi connectivity index (χ1v) is 25.8. The van der Waals surface area contributed by atoms with E-state index < -0.39 is 6.10 Å². The maximum absolute atomic E-state index is 12.7. The van der Waals surface area contributed by atoms with Gasteiger partial charge in [0.05, 0.1) is 0 Å². The summed E-state index contributed by atoms with van der Waals surface area (Å²) in [6, 6.07) is 0. The summed E-state index contributed by atoms with van der Waals surface area (Å²) in [6.07, 6.45) is 45.2. The van der Waals surface area contributed by atoms with Crippen molar-refractivity contribution >= 4 is 17.9 Å². The molecular weight excluding hydrogens is 721 g/mol. The van der Waals surface area contributed by atoms with Gasteiger partial charge in [-0.3, -0.25) is 14.4 Å². The largest absolute Gasteiger partial charge is 0.462 e. The zero-order valence-corrected chi connectivity index (χ0v) is 39.7. The van der Waals surface area contributed by atoms with Gasteiger partial charge in [-0.15, -0.1) is 0 Å². The molecule has 0 saturated carbocycles. The molecule has 0 aliphatic heterocycles. The predicted molar refractivity (Wildman–Crippen MR) is 247 cm³/mol. The second-order valence-electron chi connectivity index (χ2n) is 18.5. The van der Waals surface area contributed by atoms with Crippen molar-refractivity contribution < 1.29 is 28.6 Å². The van der Waals surface area contributed by atoms with Crippen molar-refractivity contribution in [2.45, 2.75) is 291 Å². The molecule has 1 unspecified atom stereocenters. The van der Waals surface area contributed by atoms with E-state index in [-0.39, 0.29) is 31.1 Å². The quantitative estimate of drug-likeness (QED) is 0.0346. The van der Waals surface area contributed by atoms with Crippen molar-refractivity contribution in [1.82, 2.24) is 0 Å². The van der Waals surface area contributed by atoms with E-state index in [1.165, 1.54) is 173 Å². The number of ether oxygens (including phenoxy) is 3. The summed E-state index contributed by atoms with van der Waals surface area (Å²) in [5.41, 5.74) is 0. The molecule has 0 aliphatic rings. The standard InChI is InChI=1S/C52H100O6/c1-6-8-9-10-11-12-13-16-20-23-26-32-37-42-50(53)56-45-49(58-52(55)44-39-34-29-28-31-36-41-48(5)7-2)46-57-51(54)43-38-33-27-24-21-18-15-14-17-19-22-25-30-35-40-47(3)4/h47-49H,6-46H2,1-5H3/t48?,49-/m0/s1. The molecule has 0 N–H and O–H groups in total. The number of esters is 3. The molecule has 0 aliphatic carbocycles. The minimum atomic E-state index is -0.762. The van der Waals surface area contributed by atoms with Gasteiger partial charge < -0.3 is 14.2 Å². The van der Waals surface area contributed by atoms with Crippen LogP contribution in [-0.4, -0.2) is 37.2 Å². The van der Waals surface area contributed by atoms with Crippen LogP contribution in [0.15, 0.2) is 0 Å². The normalized spacial score (nSPS) is 12.5. The van der Waals surface area contributed by atoms with Crippen LogP contribution in [0.4, 0.5) is 0 Å². The maximum Gasteiger partial charge on any atom is 0.306 e. The van der Waals surface area contributed by atoms with Gasteiger partial charge in [-0.05, 0) is 31.1 Å². The highest BCUT2D eigenvalue weighted by Gasteiger charge is 2.19. The van der Waals surface area contributed by atoms with Crippen LogP contribution >= 0.6 is 0 Å². The van der Waals surface area contributed by atoms with Crippen LogP contribution in [0, 0.1) is 11.8 Å². The lowest BCUT2D eigenvalue weighted by Gasteiger charge is -2.18. The molecule has 6 heteroatoms. The van der Waals surface area contributed by atoms with E-state index in [0.29, 0.717) is 19.3 Å². The monoisotopic (exact) mass is 821 g/mol. The molecule has 0 aromatic carbocycles. The number of carbonyl (C=O) groups excluding carboxylic acids is 3. The maximum atomic E-state index is 12.7. The van der Waals surface area contributed by atoms with E-state index in [0.717, 1.165) is 69.6 Å². The third kappa shape index (κ3) is 44.0. The summed E-state index contributed by atoms with van der Waals surface area (Å²) in [5.74, 6) is 0.803. The van der Waals surface area contributed by atoms with E-state index in [4.69, 9.17) is 14.2 Å². The Morgan fingerprint density at radius 3 is 0.983 bits per heavy atom. The van der Waals surface area contributed by atoms with Crippen LogP contribution < -0.4 is 0 Å². The Morgan fingerprint density at radius 1 is 0.362 bits per heavy atom. The summed E-state index contributed by atoms with van der Waals surface area (Å²) >= 11 is 0. The lowest BCUT2D eigenvalue weighted by Crippen LogP contribution is -2.30. The molecule has 0 amide bonds. The van der Waals surface area contributed by atoms with Crippen LogP contribution in [-0.2, 0) is 28.6 Å². The minimum Gasteiger partial charge on any atom is -0.462 e. The molecule has 344 valence electrons. The molecule has 0 rings (SSSR count). The first-order valence-electron chi connectivity index (χ1n) is 25.8. The molecule has 0 aromatic rings. The molecule has 0 heterocycles. The second kappa shape index (κ2) is 44.9. The van der Waals surface area contributed by atoms with Crippen molar-refractivity contribution in [3.63, 3.8) is 0 Å². The highest BCUT2D eigenvalue weighted by molar-refractivity contribution is 5.71. The topological polar surface area (TPSA) is 78.9 Å². The van der Waals surface area contributed by atoms with E-state index in [1.54, 1.807) is 0 Å². The van der Waals surface area contributed by atoms with Crippen LogP contribution in [0.25, 0.3) is 0 Å². The van der Waals surface area contributed by atoms with Gasteiger partial charge in [-0.1, -0.05) is 247 Å². The summed E-state index contributed by atoms with van der Waals surface area (Å²) in [7, 11) is 0. The summed E-state index contributed by atoms with van der Waals surface area (Å²) < 4.78 is 16.8. The van der Waals surface area contributed by atoms with Gasteiger partial charge >= 0.3 is 17.9 Å². The van der Waals surface area contributed by atoms with Crippen LogP contribution in [0.1, 0.15) is 285 Å². The molecule has 0 bridgehead atoms. The number of hydrogen-bond donors (Lipinski definition) is 0. The van der Waals surface area contributed by atoms with Gasteiger partial charge in [0.15, 0.2) is 6.10 Å². The van der Waals surface area contributed by atoms with Crippen LogP contribution in [0.2, 0.25) is 0 Å². The van der Waals surface area contributed by atoms with Crippen molar-refractivity contribution in [2.75, 3.05) is 13.2 Å². The van der Waals surface area contributed by atoms with Crippen molar-refractivity contribution in [3.05, 3.63) is 0 Å². The molecule has 2 atom stereocenters. The summed E-state index contributed by atoms with van der Waals surface area (Å²) in [5, 5.41) is 0. The van der Waals surface area contributed by atoms with E-state index in [9.17, 15) is 14.4 Å². The SMILES string of the molecule is CCCCCCCCCCCCCCCC(=O)OC[C@@H](COC(=O)CCCCCCCCCCCCCCCCC(C)C)OC(=O)CCCCCCCCC(C)CC. The first kappa shape index (κ1) is 56.4. The van der Waals surface area contributed by atoms with Gasteiger partial charge in [0.25, 0.3) is 0 Å². The molecule has 0 radical (unpaired) electrons. The molecule has 0 spiro atoms. The number of carbonyl (C=O) groups is 3. The Hall–Kier alpha value is -1.59. The van der Waals surface area contributed by atoms with Gasteiger partial charge in [0.2, 0.25) is 0 Å². The predicted octanol–water partition coefficient (Wildman–Crippen LogP) is 16.5. The fourth-order valence-electron chi connectivity index (χ4n) is 7.78. The van der Waals surface area contributed by atoms with Crippen LogP contribution in [0.5, 0.6) is 0 Å². The lowest BCUT2D eigenvalue weighted by atomic mass is 10.00. The molecule has 0 saturated heterocycles. The third-order valence-corrected chi connectivity index (χ3v) is 12.1. The Bertz CT molecular complexity index is 887. The van der Waals surface area contributed by atoms with Crippen LogP contribution in [0.3, 0.4) is 0 Å². The van der Waals surface area contributed by atoms with Crippen molar-refractivity contribution in [1.29, 1.82) is 0 Å². The third-order valence-electron chi connectivity index (χ3n) is 12.1. The average molecular weight is 821 g/mol. The summed E-state index contributed by atoms with van der Waals surface area (Å²) in [4.78, 5) is 37.9. The molecule has 0 aromatic heterocycles. The molecule has 58 heavy (non-hydrogen) atoms. The number of hydrogen-bond acceptors (Lipinski definition) is 6. The summed E-state index contributed by atoms with van der Waals surface area (Å²) in [6.45, 7) is 11.4. The molecule has 6 nitrogen and oxygen atoms in total. The highest BCUT2D eigenvalue weighted by atomic mass is 16.6. The fraction of sp³-hybridized carbons (Fsp3) is 0.942. The fourth-order valence-corrected chi connectivity index (χ4v) is 7.78. The Labute approximate surface area is 361 Å². The van der Waals surface area contributed by atoms with Gasteiger partial charge in [-0.25, -0.2) is 0 Å².